The Morgan fingerprint density at radius 2 is 1.66 bits per heavy atom. The zero-order chi connectivity index (χ0) is 20.3. The molecule has 6 heteroatoms. The second-order valence-electron chi connectivity index (χ2n) is 7.45. The first-order valence-electron chi connectivity index (χ1n) is 9.73. The van der Waals surface area contributed by atoms with Crippen LogP contribution in [0.15, 0.2) is 71.6 Å². The summed E-state index contributed by atoms with van der Waals surface area (Å²) in [6.45, 7) is 1.56. The molecule has 1 fully saturated rings. The largest absolute Gasteiger partial charge is 0.497 e. The number of rotatable bonds is 6. The third-order valence-electron chi connectivity index (χ3n) is 5.78. The molecule has 1 heterocycles. The Hall–Kier alpha value is -2.41. The molecule has 1 aliphatic heterocycles. The third-order valence-corrected chi connectivity index (χ3v) is 7.18. The first kappa shape index (κ1) is 19.9. The fraction of sp³-hybridized carbons (Fsp3) is 0.304. The minimum Gasteiger partial charge on any atom is -0.497 e. The average molecular weight is 412 g/mol. The molecule has 1 saturated heterocycles. The summed E-state index contributed by atoms with van der Waals surface area (Å²) in [4.78, 5) is 0.285. The second-order valence-corrected chi connectivity index (χ2v) is 9.22. The van der Waals surface area contributed by atoms with Crippen LogP contribution in [0.2, 0.25) is 0 Å². The van der Waals surface area contributed by atoms with E-state index >= 15 is 0 Å². The fourth-order valence-electron chi connectivity index (χ4n) is 3.93. The zero-order valence-corrected chi connectivity index (χ0v) is 17.2. The molecular formula is C23H25NO4S. The summed E-state index contributed by atoms with van der Waals surface area (Å²) < 4.78 is 39.7. The van der Waals surface area contributed by atoms with Crippen molar-refractivity contribution in [1.29, 1.82) is 0 Å². The molecule has 4 rings (SSSR count). The Morgan fingerprint density at radius 1 is 0.966 bits per heavy atom. The van der Waals surface area contributed by atoms with Crippen LogP contribution in [0.5, 0.6) is 5.75 Å². The van der Waals surface area contributed by atoms with Crippen LogP contribution in [-0.2, 0) is 20.2 Å². The van der Waals surface area contributed by atoms with E-state index in [1.807, 2.05) is 54.6 Å². The van der Waals surface area contributed by atoms with Crippen LogP contribution in [0.3, 0.4) is 0 Å². The molecule has 1 aliphatic rings. The molecular weight excluding hydrogens is 386 g/mol. The van der Waals surface area contributed by atoms with Gasteiger partial charge in [0.25, 0.3) is 0 Å². The van der Waals surface area contributed by atoms with Crippen molar-refractivity contribution in [3.05, 3.63) is 72.3 Å². The molecule has 0 aliphatic carbocycles. The monoisotopic (exact) mass is 411 g/mol. The number of benzene rings is 3. The van der Waals surface area contributed by atoms with Gasteiger partial charge in [0.05, 0.1) is 12.0 Å². The number of nitrogens with one attached hydrogen (secondary N) is 1. The number of sulfonamides is 1. The molecule has 0 bridgehead atoms. The van der Waals surface area contributed by atoms with E-state index in [0.29, 0.717) is 19.8 Å². The van der Waals surface area contributed by atoms with Gasteiger partial charge in [-0.15, -0.1) is 0 Å². The molecule has 0 unspecified atom stereocenters. The Labute approximate surface area is 171 Å². The quantitative estimate of drug-likeness (QED) is 0.669. The lowest BCUT2D eigenvalue weighted by molar-refractivity contribution is 0.0517. The number of ether oxygens (including phenoxy) is 2. The van der Waals surface area contributed by atoms with Crippen LogP contribution in [0.4, 0.5) is 0 Å². The van der Waals surface area contributed by atoms with E-state index in [4.69, 9.17) is 9.47 Å². The van der Waals surface area contributed by atoms with Crippen LogP contribution < -0.4 is 9.46 Å². The molecule has 3 aromatic carbocycles. The fourth-order valence-corrected chi connectivity index (χ4v) is 5.09. The molecule has 152 valence electrons. The van der Waals surface area contributed by atoms with Gasteiger partial charge in [-0.25, -0.2) is 13.1 Å². The SMILES string of the molecule is COc1ccc(C2(CNS(=O)(=O)c3ccc4ccccc4c3)CCOCC2)cc1. The van der Waals surface area contributed by atoms with Gasteiger partial charge in [-0.3, -0.25) is 0 Å². The summed E-state index contributed by atoms with van der Waals surface area (Å²) in [7, 11) is -1.99. The van der Waals surface area contributed by atoms with Crippen LogP contribution >= 0.6 is 0 Å². The molecule has 0 spiro atoms. The van der Waals surface area contributed by atoms with Crippen LogP contribution in [0, 0.1) is 0 Å². The number of hydrogen-bond acceptors (Lipinski definition) is 4. The van der Waals surface area contributed by atoms with E-state index in [0.717, 1.165) is 34.9 Å². The summed E-state index contributed by atoms with van der Waals surface area (Å²) in [5, 5.41) is 1.93. The first-order valence-corrected chi connectivity index (χ1v) is 11.2. The summed E-state index contributed by atoms with van der Waals surface area (Å²) in [6.07, 6.45) is 1.53. The van der Waals surface area contributed by atoms with Gasteiger partial charge in [-0.2, -0.15) is 0 Å². The van der Waals surface area contributed by atoms with Gasteiger partial charge < -0.3 is 9.47 Å². The molecule has 0 radical (unpaired) electrons. The van der Waals surface area contributed by atoms with E-state index in [1.165, 1.54) is 0 Å². The van der Waals surface area contributed by atoms with Gasteiger partial charge in [-0.05, 0) is 53.4 Å². The van der Waals surface area contributed by atoms with Crippen molar-refractivity contribution in [3.8, 4) is 5.75 Å². The summed E-state index contributed by atoms with van der Waals surface area (Å²) in [5.41, 5.74) is 0.803. The van der Waals surface area contributed by atoms with E-state index in [9.17, 15) is 8.42 Å². The molecule has 0 atom stereocenters. The number of hydrogen-bond donors (Lipinski definition) is 1. The molecule has 5 nitrogen and oxygen atoms in total. The van der Waals surface area contributed by atoms with Crippen LogP contribution in [0.1, 0.15) is 18.4 Å². The summed E-state index contributed by atoms with van der Waals surface area (Å²) in [5.74, 6) is 0.785. The lowest BCUT2D eigenvalue weighted by Gasteiger charge is -2.38. The van der Waals surface area contributed by atoms with Gasteiger partial charge in [0.15, 0.2) is 0 Å². The van der Waals surface area contributed by atoms with Crippen molar-refractivity contribution < 1.29 is 17.9 Å². The number of fused-ring (bicyclic) bond motifs is 1. The first-order chi connectivity index (χ1) is 14.0. The Kier molecular flexibility index (Phi) is 5.58. The summed E-state index contributed by atoms with van der Waals surface area (Å²) >= 11 is 0. The minimum absolute atomic E-state index is 0.285. The predicted molar refractivity (Wildman–Crippen MR) is 114 cm³/mol. The van der Waals surface area contributed by atoms with Gasteiger partial charge >= 0.3 is 0 Å². The van der Waals surface area contributed by atoms with Gasteiger partial charge in [0.2, 0.25) is 10.0 Å². The van der Waals surface area contributed by atoms with Crippen LogP contribution in [-0.4, -0.2) is 35.3 Å². The highest BCUT2D eigenvalue weighted by atomic mass is 32.2. The molecule has 29 heavy (non-hydrogen) atoms. The standard InChI is InChI=1S/C23H25NO4S/c1-27-21-9-7-20(8-10-21)23(12-14-28-15-13-23)17-24-29(25,26)22-11-6-18-4-2-3-5-19(18)16-22/h2-11,16,24H,12-15,17H2,1H3. The highest BCUT2D eigenvalue weighted by Gasteiger charge is 2.35. The van der Waals surface area contributed by atoms with Crippen molar-refractivity contribution in [2.24, 2.45) is 0 Å². The van der Waals surface area contributed by atoms with E-state index in [1.54, 1.807) is 19.2 Å². The lowest BCUT2D eigenvalue weighted by atomic mass is 9.74. The van der Waals surface area contributed by atoms with E-state index in [2.05, 4.69) is 4.72 Å². The third kappa shape index (κ3) is 4.15. The minimum atomic E-state index is -3.63. The van der Waals surface area contributed by atoms with Crippen molar-refractivity contribution in [2.75, 3.05) is 26.9 Å². The maximum absolute atomic E-state index is 13.0. The van der Waals surface area contributed by atoms with Crippen molar-refractivity contribution in [2.45, 2.75) is 23.2 Å². The highest BCUT2D eigenvalue weighted by molar-refractivity contribution is 7.89. The van der Waals surface area contributed by atoms with Crippen molar-refractivity contribution >= 4 is 20.8 Å². The van der Waals surface area contributed by atoms with Crippen molar-refractivity contribution in [1.82, 2.24) is 4.72 Å². The maximum Gasteiger partial charge on any atom is 0.240 e. The molecule has 0 saturated carbocycles. The lowest BCUT2D eigenvalue weighted by Crippen LogP contribution is -2.44. The molecule has 1 N–H and O–H groups in total. The van der Waals surface area contributed by atoms with E-state index in [-0.39, 0.29) is 10.3 Å². The predicted octanol–water partition coefficient (Wildman–Crippen LogP) is 3.88. The Bertz CT molecular complexity index is 1090. The maximum atomic E-state index is 13.0. The topological polar surface area (TPSA) is 64.6 Å². The molecule has 0 aromatic heterocycles. The smallest absolute Gasteiger partial charge is 0.240 e. The number of methoxy groups -OCH3 is 1. The van der Waals surface area contributed by atoms with Gasteiger partial charge in [0.1, 0.15) is 5.75 Å². The van der Waals surface area contributed by atoms with E-state index < -0.39 is 10.0 Å². The normalized spacial score (nSPS) is 16.6. The molecule has 0 amide bonds. The average Bonchev–Trinajstić information content (AvgIpc) is 2.78. The zero-order valence-electron chi connectivity index (χ0n) is 16.4. The molecule has 3 aromatic rings. The van der Waals surface area contributed by atoms with Gasteiger partial charge in [0, 0.05) is 25.2 Å². The summed E-state index contributed by atoms with van der Waals surface area (Å²) in [6, 6.07) is 20.9. The Balaban J connectivity index is 1.60. The second kappa shape index (κ2) is 8.14. The van der Waals surface area contributed by atoms with Gasteiger partial charge in [-0.1, -0.05) is 42.5 Å². The van der Waals surface area contributed by atoms with Crippen molar-refractivity contribution in [3.63, 3.8) is 0 Å². The highest BCUT2D eigenvalue weighted by Crippen LogP contribution is 2.35. The van der Waals surface area contributed by atoms with Crippen LogP contribution in [0.25, 0.3) is 10.8 Å². The Morgan fingerprint density at radius 3 is 2.34 bits per heavy atom.